The second kappa shape index (κ2) is 15.6. The average Bonchev–Trinajstić information content (AvgIpc) is 3.19. The van der Waals surface area contributed by atoms with Crippen molar-refractivity contribution < 1.29 is 23.7 Å². The molecule has 12 heteroatoms. The number of halogens is 1. The number of aromatic nitrogens is 1. The van der Waals surface area contributed by atoms with Crippen LogP contribution in [-0.2, 0) is 9.53 Å². The summed E-state index contributed by atoms with van der Waals surface area (Å²) in [5.41, 5.74) is 0.300. The number of allylic oxidation sites excluding steroid dienone is 3. The van der Waals surface area contributed by atoms with Crippen molar-refractivity contribution in [2.24, 2.45) is 9.98 Å². The first-order valence-corrected chi connectivity index (χ1v) is 12.9. The predicted octanol–water partition coefficient (Wildman–Crippen LogP) is 5.12. The minimum atomic E-state index is -0.690. The molecule has 214 valence electrons. The molecule has 1 aliphatic heterocycles. The Bertz CT molecular complexity index is 1490. The maximum atomic E-state index is 12.8. The fourth-order valence-electron chi connectivity index (χ4n) is 3.41. The molecule has 0 aliphatic carbocycles. The molecule has 2 aromatic rings. The summed E-state index contributed by atoms with van der Waals surface area (Å²) in [6, 6.07) is 5.31. The smallest absolute Gasteiger partial charge is 0.278 e. The normalized spacial score (nSPS) is 14.0. The van der Waals surface area contributed by atoms with E-state index in [9.17, 15) is 4.79 Å². The van der Waals surface area contributed by atoms with Gasteiger partial charge in [0.15, 0.2) is 23.0 Å². The number of carbonyl (C=O) groups excluding carboxylic acids is 1. The molecule has 0 fully saturated rings. The zero-order valence-corrected chi connectivity index (χ0v) is 23.9. The van der Waals surface area contributed by atoms with Gasteiger partial charge in [-0.1, -0.05) is 17.7 Å². The van der Waals surface area contributed by atoms with Gasteiger partial charge in [0, 0.05) is 42.7 Å². The van der Waals surface area contributed by atoms with E-state index in [-0.39, 0.29) is 23.9 Å². The topological polar surface area (TPSA) is 140 Å². The Morgan fingerprint density at radius 1 is 1.20 bits per heavy atom. The lowest BCUT2D eigenvalue weighted by atomic mass is 10.2. The van der Waals surface area contributed by atoms with Crippen molar-refractivity contribution in [1.29, 1.82) is 5.41 Å². The van der Waals surface area contributed by atoms with Crippen LogP contribution >= 0.6 is 11.6 Å². The molecule has 11 nitrogen and oxygen atoms in total. The Hall–Kier alpha value is -4.90. The second-order valence-electron chi connectivity index (χ2n) is 8.12. The van der Waals surface area contributed by atoms with Crippen LogP contribution in [0.1, 0.15) is 20.3 Å². The van der Waals surface area contributed by atoms with Crippen molar-refractivity contribution in [2.45, 2.75) is 20.3 Å². The summed E-state index contributed by atoms with van der Waals surface area (Å²) in [5, 5.41) is 14.9. The lowest BCUT2D eigenvalue weighted by Crippen LogP contribution is -2.36. The fourth-order valence-corrected chi connectivity index (χ4v) is 3.46. The van der Waals surface area contributed by atoms with Gasteiger partial charge < -0.3 is 29.6 Å². The number of ether oxygens (including phenoxy) is 4. The molecule has 3 N–H and O–H groups in total. The van der Waals surface area contributed by atoms with Crippen molar-refractivity contribution in [2.75, 3.05) is 20.8 Å². The molecule has 0 unspecified atom stereocenters. The van der Waals surface area contributed by atoms with Crippen LogP contribution in [-0.4, -0.2) is 48.4 Å². The molecule has 0 saturated carbocycles. The Kier molecular flexibility index (Phi) is 11.7. The third-order valence-electron chi connectivity index (χ3n) is 5.26. The summed E-state index contributed by atoms with van der Waals surface area (Å²) in [5.74, 6) is 1.82. The van der Waals surface area contributed by atoms with Crippen LogP contribution in [0, 0.1) is 5.41 Å². The van der Waals surface area contributed by atoms with Crippen LogP contribution < -0.4 is 24.8 Å². The molecule has 3 rings (SSSR count). The van der Waals surface area contributed by atoms with E-state index in [4.69, 9.17) is 36.0 Å². The molecule has 0 spiro atoms. The number of benzene rings is 1. The zero-order valence-electron chi connectivity index (χ0n) is 23.1. The molecular formula is C29H31ClN6O5. The summed E-state index contributed by atoms with van der Waals surface area (Å²) < 4.78 is 22.4. The Labute approximate surface area is 243 Å². The largest absolute Gasteiger partial charge is 0.493 e. The molecular weight excluding hydrogens is 548 g/mol. The number of hydrogen-bond donors (Lipinski definition) is 3. The third kappa shape index (κ3) is 9.07. The number of amides is 1. The summed E-state index contributed by atoms with van der Waals surface area (Å²) in [7, 11) is 3.12. The highest BCUT2D eigenvalue weighted by atomic mass is 35.5. The van der Waals surface area contributed by atoms with Crippen molar-refractivity contribution in [3.05, 3.63) is 85.0 Å². The number of nitrogens with zero attached hydrogens (tertiary/aromatic N) is 3. The van der Waals surface area contributed by atoms with Crippen LogP contribution in [0.25, 0.3) is 10.9 Å². The number of nitrogens with one attached hydrogen (secondary N) is 3. The van der Waals surface area contributed by atoms with E-state index in [1.54, 1.807) is 83.0 Å². The third-order valence-corrected chi connectivity index (χ3v) is 5.36. The van der Waals surface area contributed by atoms with Crippen LogP contribution in [0.2, 0.25) is 0 Å². The highest BCUT2D eigenvalue weighted by molar-refractivity contribution is 6.64. The van der Waals surface area contributed by atoms with E-state index < -0.39 is 5.91 Å². The molecule has 0 bridgehead atoms. The van der Waals surface area contributed by atoms with Crippen LogP contribution in [0.3, 0.4) is 0 Å². The van der Waals surface area contributed by atoms with E-state index in [1.165, 1.54) is 18.6 Å². The van der Waals surface area contributed by atoms with Gasteiger partial charge in [-0.25, -0.2) is 9.98 Å². The zero-order chi connectivity index (χ0) is 29.6. The molecule has 2 heterocycles. The number of amidine groups is 1. The first-order chi connectivity index (χ1) is 19.9. The van der Waals surface area contributed by atoms with Gasteiger partial charge in [0.25, 0.3) is 5.91 Å². The molecule has 0 saturated heterocycles. The van der Waals surface area contributed by atoms with Crippen LogP contribution in [0.5, 0.6) is 17.2 Å². The summed E-state index contributed by atoms with van der Waals surface area (Å²) in [6.07, 6.45) is 14.9. The predicted molar refractivity (Wildman–Crippen MR) is 161 cm³/mol. The van der Waals surface area contributed by atoms with Gasteiger partial charge in [-0.3, -0.25) is 15.2 Å². The Morgan fingerprint density at radius 3 is 2.71 bits per heavy atom. The molecule has 0 radical (unpaired) electrons. The van der Waals surface area contributed by atoms with E-state index in [1.807, 2.05) is 0 Å². The molecule has 1 aromatic carbocycles. The number of pyridine rings is 1. The van der Waals surface area contributed by atoms with E-state index in [0.29, 0.717) is 40.1 Å². The lowest BCUT2D eigenvalue weighted by molar-refractivity contribution is -0.113. The molecule has 0 atom stereocenters. The number of rotatable bonds is 12. The highest BCUT2D eigenvalue weighted by Gasteiger charge is 2.18. The maximum Gasteiger partial charge on any atom is 0.278 e. The molecule has 1 aromatic heterocycles. The Balaban J connectivity index is 1.69. The van der Waals surface area contributed by atoms with E-state index >= 15 is 0 Å². The van der Waals surface area contributed by atoms with Gasteiger partial charge in [0.1, 0.15) is 22.5 Å². The molecule has 1 amide bonds. The second-order valence-corrected chi connectivity index (χ2v) is 8.66. The number of methoxy groups -OCH3 is 2. The van der Waals surface area contributed by atoms with Gasteiger partial charge >= 0.3 is 0 Å². The van der Waals surface area contributed by atoms with Gasteiger partial charge in [0.05, 0.1) is 32.5 Å². The Morgan fingerprint density at radius 2 is 1.98 bits per heavy atom. The molecule has 41 heavy (non-hydrogen) atoms. The molecule has 1 aliphatic rings. The quantitative estimate of drug-likeness (QED) is 0.180. The average molecular weight is 579 g/mol. The van der Waals surface area contributed by atoms with Crippen molar-refractivity contribution in [3.63, 3.8) is 0 Å². The van der Waals surface area contributed by atoms with Crippen LogP contribution in [0.4, 0.5) is 0 Å². The summed E-state index contributed by atoms with van der Waals surface area (Å²) >= 11 is 5.65. The number of fused-ring (bicyclic) bond motifs is 1. The van der Waals surface area contributed by atoms with E-state index in [2.05, 4.69) is 25.6 Å². The minimum Gasteiger partial charge on any atom is -0.493 e. The number of aliphatic imine (C=N–C) groups is 2. The van der Waals surface area contributed by atoms with Gasteiger partial charge in [0.2, 0.25) is 0 Å². The van der Waals surface area contributed by atoms with Gasteiger partial charge in [-0.05, 0) is 44.2 Å². The summed E-state index contributed by atoms with van der Waals surface area (Å²) in [4.78, 5) is 25.4. The highest BCUT2D eigenvalue weighted by Crippen LogP contribution is 2.36. The van der Waals surface area contributed by atoms with Crippen molar-refractivity contribution >= 4 is 45.1 Å². The monoisotopic (exact) mass is 578 g/mol. The van der Waals surface area contributed by atoms with Gasteiger partial charge in [-0.2, -0.15) is 0 Å². The standard InChI is InChI=1S/C29H31ClN6O5/c1-5-40-26(18-32-12-6-7-13-33-19(2)30)28(31)29(37)36-27-10-8-9-20(17-35-27)41-23-11-14-34-22-16-25(39-4)24(38-3)15-21(22)23/h6-8,10-18,31-32H,5,9H2,1-4H3,(H,35,36,37)/b12-6+,13-7-,26-18+,31-28?,33-19+. The van der Waals surface area contributed by atoms with Gasteiger partial charge in [-0.15, -0.1) is 0 Å². The maximum absolute atomic E-state index is 12.8. The number of hydrogen-bond acceptors (Lipinski definition) is 10. The van der Waals surface area contributed by atoms with Crippen molar-refractivity contribution in [1.82, 2.24) is 15.6 Å². The first-order valence-electron chi connectivity index (χ1n) is 12.5. The van der Waals surface area contributed by atoms with E-state index in [0.717, 1.165) is 5.39 Å². The number of carbonyl (C=O) groups is 1. The minimum absolute atomic E-state index is 0.0580. The lowest BCUT2D eigenvalue weighted by Gasteiger charge is -2.13. The van der Waals surface area contributed by atoms with Crippen molar-refractivity contribution in [3.8, 4) is 17.2 Å². The first kappa shape index (κ1) is 30.6. The van der Waals surface area contributed by atoms with Crippen LogP contribution in [0.15, 0.2) is 95.0 Å². The SMILES string of the molecule is CCO/C(=C/N/C=C/C=C\N=C(/C)Cl)C(=N)C(=O)NC1=NC=C(Oc2ccnc3cc(OC)c(OC)cc23)CC=C1. The fraction of sp³-hybridized carbons (Fsp3) is 0.207. The summed E-state index contributed by atoms with van der Waals surface area (Å²) in [6.45, 7) is 3.69.